The molecule has 0 radical (unpaired) electrons. The predicted molar refractivity (Wildman–Crippen MR) is 69.6 cm³/mol. The van der Waals surface area contributed by atoms with Crippen LogP contribution in [0.5, 0.6) is 0 Å². The number of hydrogen-bond donors (Lipinski definition) is 1. The molecule has 17 heavy (non-hydrogen) atoms. The molecule has 0 saturated carbocycles. The molecule has 5 nitrogen and oxygen atoms in total. The summed E-state index contributed by atoms with van der Waals surface area (Å²) in [7, 11) is 0. The van der Waals surface area contributed by atoms with Gasteiger partial charge in [-0.25, -0.2) is 0 Å². The van der Waals surface area contributed by atoms with E-state index in [4.69, 9.17) is 0 Å². The van der Waals surface area contributed by atoms with Gasteiger partial charge in [0, 0.05) is 11.3 Å². The standard InChI is InChI=1S/C10H8N4OS2/c15-9(12-10-11-3-4-16-10)6-1-2-8-7(5-6)13-14-17-8/h1-2,5H,3-4H2,(H,11,12,15). The SMILES string of the molecule is O=C(NC1=NCCS1)c1ccc2snnc2c1. The van der Waals surface area contributed by atoms with Gasteiger partial charge < -0.3 is 5.32 Å². The largest absolute Gasteiger partial charge is 0.301 e. The van der Waals surface area contributed by atoms with Crippen molar-refractivity contribution in [3.8, 4) is 0 Å². The van der Waals surface area contributed by atoms with Crippen LogP contribution in [0.1, 0.15) is 10.4 Å². The Morgan fingerprint density at radius 1 is 1.41 bits per heavy atom. The lowest BCUT2D eigenvalue weighted by Crippen LogP contribution is -2.27. The first-order chi connectivity index (χ1) is 8.33. The molecule has 1 aromatic heterocycles. The lowest BCUT2D eigenvalue weighted by Gasteiger charge is -2.03. The zero-order chi connectivity index (χ0) is 11.7. The second-order valence-electron chi connectivity index (χ2n) is 3.44. The molecule has 3 rings (SSSR count). The highest BCUT2D eigenvalue weighted by Crippen LogP contribution is 2.17. The van der Waals surface area contributed by atoms with Crippen molar-refractivity contribution in [3.05, 3.63) is 23.8 Å². The molecule has 1 aliphatic rings. The van der Waals surface area contributed by atoms with Gasteiger partial charge in [-0.3, -0.25) is 9.79 Å². The number of nitrogens with zero attached hydrogens (tertiary/aromatic N) is 3. The van der Waals surface area contributed by atoms with Gasteiger partial charge >= 0.3 is 0 Å². The summed E-state index contributed by atoms with van der Waals surface area (Å²) in [6, 6.07) is 5.38. The number of amides is 1. The Morgan fingerprint density at radius 2 is 2.35 bits per heavy atom. The predicted octanol–water partition coefficient (Wildman–Crippen LogP) is 1.52. The van der Waals surface area contributed by atoms with Crippen LogP contribution < -0.4 is 5.32 Å². The van der Waals surface area contributed by atoms with Crippen molar-refractivity contribution in [2.75, 3.05) is 12.3 Å². The number of amidine groups is 1. The van der Waals surface area contributed by atoms with Gasteiger partial charge in [-0.2, -0.15) is 0 Å². The molecule has 1 N–H and O–H groups in total. The minimum atomic E-state index is -0.145. The molecule has 0 bridgehead atoms. The monoisotopic (exact) mass is 264 g/mol. The molecule has 1 aromatic carbocycles. The highest BCUT2D eigenvalue weighted by atomic mass is 32.2. The van der Waals surface area contributed by atoms with Crippen LogP contribution in [0.3, 0.4) is 0 Å². The number of nitrogens with one attached hydrogen (secondary N) is 1. The molecule has 0 atom stereocenters. The molecule has 0 spiro atoms. The minimum absolute atomic E-state index is 0.145. The van der Waals surface area contributed by atoms with E-state index in [1.807, 2.05) is 6.07 Å². The van der Waals surface area contributed by atoms with Crippen LogP contribution >= 0.6 is 23.3 Å². The van der Waals surface area contributed by atoms with Crippen LogP contribution in [0.15, 0.2) is 23.2 Å². The van der Waals surface area contributed by atoms with E-state index >= 15 is 0 Å². The van der Waals surface area contributed by atoms with Gasteiger partial charge in [0.2, 0.25) is 0 Å². The molecule has 0 saturated heterocycles. The number of aromatic nitrogens is 2. The van der Waals surface area contributed by atoms with Gasteiger partial charge in [-0.1, -0.05) is 16.3 Å². The Kier molecular flexibility index (Phi) is 2.77. The molecular formula is C10H8N4OS2. The van der Waals surface area contributed by atoms with Crippen LogP contribution in [-0.4, -0.2) is 33.0 Å². The van der Waals surface area contributed by atoms with Crippen molar-refractivity contribution >= 4 is 44.6 Å². The quantitative estimate of drug-likeness (QED) is 0.848. The average molecular weight is 264 g/mol. The number of fused-ring (bicyclic) bond motifs is 1. The molecule has 0 aliphatic carbocycles. The maximum atomic E-state index is 11.9. The number of hydrogen-bond acceptors (Lipinski definition) is 6. The summed E-state index contributed by atoms with van der Waals surface area (Å²) >= 11 is 2.88. The van der Waals surface area contributed by atoms with E-state index in [0.717, 1.165) is 22.5 Å². The fourth-order valence-corrected chi connectivity index (χ4v) is 2.76. The Labute approximate surface area is 105 Å². The average Bonchev–Trinajstić information content (AvgIpc) is 2.97. The van der Waals surface area contributed by atoms with Gasteiger partial charge in [-0.15, -0.1) is 5.10 Å². The molecule has 0 unspecified atom stereocenters. The summed E-state index contributed by atoms with van der Waals surface area (Å²) in [4.78, 5) is 16.1. The van der Waals surface area contributed by atoms with E-state index in [2.05, 4.69) is 19.9 Å². The van der Waals surface area contributed by atoms with Gasteiger partial charge in [0.05, 0.1) is 11.2 Å². The van der Waals surface area contributed by atoms with Crippen molar-refractivity contribution < 1.29 is 4.79 Å². The van der Waals surface area contributed by atoms with E-state index in [0.29, 0.717) is 10.7 Å². The molecule has 7 heteroatoms. The Bertz CT molecular complexity index is 607. The smallest absolute Gasteiger partial charge is 0.257 e. The van der Waals surface area contributed by atoms with E-state index in [1.54, 1.807) is 23.9 Å². The van der Waals surface area contributed by atoms with Crippen LogP contribution in [0.4, 0.5) is 0 Å². The van der Waals surface area contributed by atoms with Crippen LogP contribution in [0, 0.1) is 0 Å². The Balaban J connectivity index is 1.84. The van der Waals surface area contributed by atoms with Gasteiger partial charge in [0.15, 0.2) is 5.17 Å². The van der Waals surface area contributed by atoms with E-state index in [-0.39, 0.29) is 5.91 Å². The summed E-state index contributed by atoms with van der Waals surface area (Å²) in [5.74, 6) is 0.790. The first kappa shape index (κ1) is 10.7. The molecular weight excluding hydrogens is 256 g/mol. The lowest BCUT2D eigenvalue weighted by molar-refractivity contribution is 0.0978. The second kappa shape index (κ2) is 4.42. The van der Waals surface area contributed by atoms with E-state index in [9.17, 15) is 4.79 Å². The topological polar surface area (TPSA) is 67.2 Å². The zero-order valence-electron chi connectivity index (χ0n) is 8.71. The summed E-state index contributed by atoms with van der Waals surface area (Å²) in [5.41, 5.74) is 1.34. The highest BCUT2D eigenvalue weighted by molar-refractivity contribution is 8.14. The van der Waals surface area contributed by atoms with E-state index in [1.165, 1.54) is 11.5 Å². The Hall–Kier alpha value is -1.47. The molecule has 2 aromatic rings. The lowest BCUT2D eigenvalue weighted by atomic mass is 10.2. The third-order valence-corrected chi connectivity index (χ3v) is 3.91. The van der Waals surface area contributed by atoms with Gasteiger partial charge in [-0.05, 0) is 29.7 Å². The maximum Gasteiger partial charge on any atom is 0.257 e. The highest BCUT2D eigenvalue weighted by Gasteiger charge is 2.13. The fourth-order valence-electron chi connectivity index (χ4n) is 1.50. The van der Waals surface area contributed by atoms with Crippen LogP contribution in [0.2, 0.25) is 0 Å². The molecule has 1 amide bonds. The first-order valence-corrected chi connectivity index (χ1v) is 6.79. The van der Waals surface area contributed by atoms with Crippen LogP contribution in [0.25, 0.3) is 10.2 Å². The number of carbonyl (C=O) groups excluding carboxylic acids is 1. The van der Waals surface area contributed by atoms with Crippen molar-refractivity contribution in [1.82, 2.24) is 14.9 Å². The summed E-state index contributed by atoms with van der Waals surface area (Å²) in [5, 5.41) is 7.43. The normalized spacial score (nSPS) is 14.9. The fraction of sp³-hybridized carbons (Fsp3) is 0.200. The number of benzene rings is 1. The molecule has 86 valence electrons. The van der Waals surface area contributed by atoms with Crippen molar-refractivity contribution in [1.29, 1.82) is 0 Å². The van der Waals surface area contributed by atoms with Crippen molar-refractivity contribution in [2.45, 2.75) is 0 Å². The van der Waals surface area contributed by atoms with E-state index < -0.39 is 0 Å². The Morgan fingerprint density at radius 3 is 3.18 bits per heavy atom. The summed E-state index contributed by atoms with van der Waals surface area (Å²) in [6.07, 6.45) is 0. The first-order valence-electron chi connectivity index (χ1n) is 5.04. The third-order valence-electron chi connectivity index (χ3n) is 2.31. The maximum absolute atomic E-state index is 11.9. The van der Waals surface area contributed by atoms with Crippen molar-refractivity contribution in [2.24, 2.45) is 4.99 Å². The number of rotatable bonds is 1. The van der Waals surface area contributed by atoms with Crippen molar-refractivity contribution in [3.63, 3.8) is 0 Å². The second-order valence-corrected chi connectivity index (χ2v) is 5.31. The summed E-state index contributed by atoms with van der Waals surface area (Å²) < 4.78 is 4.82. The third kappa shape index (κ3) is 2.16. The molecule has 0 fully saturated rings. The molecule has 2 heterocycles. The van der Waals surface area contributed by atoms with Gasteiger partial charge in [0.25, 0.3) is 5.91 Å². The summed E-state index contributed by atoms with van der Waals surface area (Å²) in [6.45, 7) is 0.773. The number of aliphatic imine (C=N–C) groups is 1. The van der Waals surface area contributed by atoms with Gasteiger partial charge in [0.1, 0.15) is 5.52 Å². The number of thioether (sulfide) groups is 1. The van der Waals surface area contributed by atoms with Crippen LogP contribution in [-0.2, 0) is 0 Å². The molecule has 1 aliphatic heterocycles. The minimum Gasteiger partial charge on any atom is -0.301 e. The zero-order valence-corrected chi connectivity index (χ0v) is 10.3. The number of carbonyl (C=O) groups is 1.